The Labute approximate surface area is 102 Å². The molecule has 0 amide bonds. The van der Waals surface area contributed by atoms with Gasteiger partial charge in [-0.05, 0) is 18.6 Å². The number of halogens is 1. The molecule has 0 N–H and O–H groups in total. The van der Waals surface area contributed by atoms with Crippen LogP contribution < -0.4 is 0 Å². The first-order chi connectivity index (χ1) is 8.00. The van der Waals surface area contributed by atoms with Gasteiger partial charge < -0.3 is 0 Å². The van der Waals surface area contributed by atoms with E-state index in [2.05, 4.69) is 0 Å². The van der Waals surface area contributed by atoms with Crippen LogP contribution in [0.3, 0.4) is 0 Å². The maximum Gasteiger partial charge on any atom is 0.245 e. The van der Waals surface area contributed by atoms with Gasteiger partial charge in [0.05, 0.1) is 0 Å². The van der Waals surface area contributed by atoms with Crippen molar-refractivity contribution in [3.63, 3.8) is 0 Å². The van der Waals surface area contributed by atoms with E-state index in [1.54, 1.807) is 0 Å². The Balaban J connectivity index is 2.85. The third kappa shape index (κ3) is 3.51. The Hall–Kier alpha value is -0.940. The number of unbranched alkanes of at least 4 members (excludes halogenated alkanes) is 2. The van der Waals surface area contributed by atoms with E-state index in [1.165, 1.54) is 29.6 Å². The van der Waals surface area contributed by atoms with E-state index >= 15 is 0 Å². The number of benzene rings is 1. The predicted molar refractivity (Wildman–Crippen MR) is 65.7 cm³/mol. The van der Waals surface area contributed by atoms with Gasteiger partial charge in [-0.1, -0.05) is 31.9 Å². The van der Waals surface area contributed by atoms with Crippen LogP contribution in [0.15, 0.2) is 29.2 Å². The lowest BCUT2D eigenvalue weighted by molar-refractivity contribution is 0.449. The molecule has 1 rings (SSSR count). The molecule has 0 radical (unpaired) electrons. The fourth-order valence-corrected chi connectivity index (χ4v) is 2.80. The van der Waals surface area contributed by atoms with Crippen LogP contribution in [-0.2, 0) is 10.0 Å². The molecule has 0 aromatic heterocycles. The summed E-state index contributed by atoms with van der Waals surface area (Å²) >= 11 is 0. The number of rotatable bonds is 6. The molecule has 0 spiro atoms. The SMILES string of the molecule is CCCCCN(C)S(=O)(=O)c1ccccc1F. The lowest BCUT2D eigenvalue weighted by Gasteiger charge is -2.17. The molecule has 0 heterocycles. The minimum absolute atomic E-state index is 0.251. The van der Waals surface area contributed by atoms with Gasteiger partial charge in [0.2, 0.25) is 10.0 Å². The monoisotopic (exact) mass is 259 g/mol. The molecule has 0 saturated carbocycles. The van der Waals surface area contributed by atoms with Gasteiger partial charge in [0.1, 0.15) is 10.7 Å². The summed E-state index contributed by atoms with van der Waals surface area (Å²) in [6, 6.07) is 5.45. The second kappa shape index (κ2) is 6.12. The van der Waals surface area contributed by atoms with Gasteiger partial charge in [0.25, 0.3) is 0 Å². The van der Waals surface area contributed by atoms with Crippen molar-refractivity contribution in [3.8, 4) is 0 Å². The summed E-state index contributed by atoms with van der Waals surface area (Å²) in [5, 5.41) is 0. The summed E-state index contributed by atoms with van der Waals surface area (Å²) in [6.07, 6.45) is 2.78. The molecule has 0 aliphatic carbocycles. The predicted octanol–water partition coefficient (Wildman–Crippen LogP) is 2.64. The van der Waals surface area contributed by atoms with Crippen LogP contribution in [0.1, 0.15) is 26.2 Å². The van der Waals surface area contributed by atoms with E-state index < -0.39 is 15.8 Å². The van der Waals surface area contributed by atoms with E-state index in [4.69, 9.17) is 0 Å². The van der Waals surface area contributed by atoms with E-state index in [9.17, 15) is 12.8 Å². The van der Waals surface area contributed by atoms with Gasteiger partial charge in [0.15, 0.2) is 0 Å². The van der Waals surface area contributed by atoms with Gasteiger partial charge in [-0.15, -0.1) is 0 Å². The number of hydrogen-bond donors (Lipinski definition) is 0. The van der Waals surface area contributed by atoms with E-state index in [0.717, 1.165) is 25.3 Å². The first kappa shape index (κ1) is 14.1. The van der Waals surface area contributed by atoms with Crippen LogP contribution in [0.2, 0.25) is 0 Å². The Kier molecular flexibility index (Phi) is 5.08. The number of sulfonamides is 1. The number of hydrogen-bond acceptors (Lipinski definition) is 2. The van der Waals surface area contributed by atoms with Crippen LogP contribution in [0.25, 0.3) is 0 Å². The largest absolute Gasteiger partial charge is 0.245 e. The minimum atomic E-state index is -3.69. The fourth-order valence-electron chi connectivity index (χ4n) is 1.53. The normalized spacial score (nSPS) is 12.0. The first-order valence-corrected chi connectivity index (χ1v) is 7.15. The van der Waals surface area contributed by atoms with Crippen molar-refractivity contribution in [2.75, 3.05) is 13.6 Å². The molecule has 5 heteroatoms. The lowest BCUT2D eigenvalue weighted by Crippen LogP contribution is -2.28. The Morgan fingerprint density at radius 1 is 1.24 bits per heavy atom. The van der Waals surface area contributed by atoms with Gasteiger partial charge in [-0.3, -0.25) is 0 Å². The summed E-state index contributed by atoms with van der Waals surface area (Å²) in [4.78, 5) is -0.251. The van der Waals surface area contributed by atoms with Crippen molar-refractivity contribution in [2.45, 2.75) is 31.1 Å². The van der Waals surface area contributed by atoms with Crippen molar-refractivity contribution in [3.05, 3.63) is 30.1 Å². The van der Waals surface area contributed by atoms with E-state index in [-0.39, 0.29) is 4.90 Å². The zero-order valence-electron chi connectivity index (χ0n) is 10.2. The minimum Gasteiger partial charge on any atom is -0.207 e. The van der Waals surface area contributed by atoms with Crippen LogP contribution in [0, 0.1) is 5.82 Å². The zero-order valence-corrected chi connectivity index (χ0v) is 11.0. The van der Waals surface area contributed by atoms with Crippen molar-refractivity contribution < 1.29 is 12.8 Å². The van der Waals surface area contributed by atoms with Crippen LogP contribution in [0.5, 0.6) is 0 Å². The van der Waals surface area contributed by atoms with Crippen LogP contribution in [-0.4, -0.2) is 26.3 Å². The van der Waals surface area contributed by atoms with Gasteiger partial charge in [-0.25, -0.2) is 17.1 Å². The topological polar surface area (TPSA) is 37.4 Å². The summed E-state index contributed by atoms with van der Waals surface area (Å²) in [7, 11) is -2.21. The highest BCUT2D eigenvalue weighted by Gasteiger charge is 2.23. The highest BCUT2D eigenvalue weighted by Crippen LogP contribution is 2.18. The molecule has 0 atom stereocenters. The molecule has 0 aliphatic heterocycles. The number of nitrogens with zero attached hydrogens (tertiary/aromatic N) is 1. The van der Waals surface area contributed by atoms with Crippen molar-refractivity contribution >= 4 is 10.0 Å². The first-order valence-electron chi connectivity index (χ1n) is 5.71. The molecule has 0 fully saturated rings. The molecular formula is C12H18FNO2S. The smallest absolute Gasteiger partial charge is 0.207 e. The standard InChI is InChI=1S/C12H18FNO2S/c1-3-4-7-10-14(2)17(15,16)12-9-6-5-8-11(12)13/h5-6,8-9H,3-4,7,10H2,1-2H3. The van der Waals surface area contributed by atoms with Crippen LogP contribution >= 0.6 is 0 Å². The summed E-state index contributed by atoms with van der Waals surface area (Å²) < 4.78 is 38.7. The quantitative estimate of drug-likeness (QED) is 0.736. The molecule has 96 valence electrons. The maximum atomic E-state index is 13.4. The highest BCUT2D eigenvalue weighted by atomic mass is 32.2. The molecular weight excluding hydrogens is 241 g/mol. The second-order valence-electron chi connectivity index (χ2n) is 3.96. The fraction of sp³-hybridized carbons (Fsp3) is 0.500. The highest BCUT2D eigenvalue weighted by molar-refractivity contribution is 7.89. The summed E-state index contributed by atoms with van der Waals surface area (Å²) in [5.41, 5.74) is 0. The van der Waals surface area contributed by atoms with E-state index in [1.807, 2.05) is 6.92 Å². The molecule has 1 aromatic carbocycles. The molecule has 17 heavy (non-hydrogen) atoms. The molecule has 1 aromatic rings. The molecule has 0 bridgehead atoms. The Morgan fingerprint density at radius 2 is 1.88 bits per heavy atom. The van der Waals surface area contributed by atoms with Crippen LogP contribution in [0.4, 0.5) is 4.39 Å². The van der Waals surface area contributed by atoms with Crippen molar-refractivity contribution in [1.29, 1.82) is 0 Å². The van der Waals surface area contributed by atoms with Crippen molar-refractivity contribution in [1.82, 2.24) is 4.31 Å². The summed E-state index contributed by atoms with van der Waals surface area (Å²) in [6.45, 7) is 2.47. The maximum absolute atomic E-state index is 13.4. The lowest BCUT2D eigenvalue weighted by atomic mass is 10.2. The molecule has 0 saturated heterocycles. The van der Waals surface area contributed by atoms with Gasteiger partial charge >= 0.3 is 0 Å². The van der Waals surface area contributed by atoms with Crippen molar-refractivity contribution in [2.24, 2.45) is 0 Å². The molecule has 3 nitrogen and oxygen atoms in total. The average molecular weight is 259 g/mol. The third-order valence-corrected chi connectivity index (χ3v) is 4.49. The molecule has 0 unspecified atom stereocenters. The van der Waals surface area contributed by atoms with E-state index in [0.29, 0.717) is 6.54 Å². The molecule has 0 aliphatic rings. The third-order valence-electron chi connectivity index (χ3n) is 2.60. The Bertz CT molecular complexity index is 459. The van der Waals surface area contributed by atoms with Gasteiger partial charge in [-0.2, -0.15) is 0 Å². The zero-order chi connectivity index (χ0) is 12.9. The summed E-state index contributed by atoms with van der Waals surface area (Å²) in [5.74, 6) is -0.699. The van der Waals surface area contributed by atoms with Gasteiger partial charge in [0, 0.05) is 13.6 Å². The average Bonchev–Trinajstić information content (AvgIpc) is 2.29. The second-order valence-corrected chi connectivity index (χ2v) is 5.98. The Morgan fingerprint density at radius 3 is 2.47 bits per heavy atom.